The second-order valence-electron chi connectivity index (χ2n) is 5.81. The Labute approximate surface area is 148 Å². The van der Waals surface area contributed by atoms with Gasteiger partial charge in [-0.1, -0.05) is 24.2 Å². The second-order valence-corrected chi connectivity index (χ2v) is 5.81. The number of carbonyl (C=O) groups is 1. The molecule has 7 heteroatoms. The van der Waals surface area contributed by atoms with Crippen molar-refractivity contribution in [1.82, 2.24) is 20.4 Å². The highest BCUT2D eigenvalue weighted by Crippen LogP contribution is 2.19. The molecule has 0 atom stereocenters. The highest BCUT2D eigenvalue weighted by Gasteiger charge is 2.25. The van der Waals surface area contributed by atoms with Crippen LogP contribution in [0.3, 0.4) is 0 Å². The lowest BCUT2D eigenvalue weighted by Crippen LogP contribution is -2.46. The third kappa shape index (κ3) is 4.13. The number of piperidine rings is 1. The molecule has 6 nitrogen and oxygen atoms in total. The normalized spacial score (nSPS) is 14.9. The standard InChI is InChI=1S/C17H22N4O2.ClH/c1-2-11-21(15-7-9-18-10-8-15)17(22)14-5-3-13(4-6-14)16-19-12-23-20-16;/h3-6,12,15,18H,2,7-11H2,1H3;1H. The van der Waals surface area contributed by atoms with Gasteiger partial charge in [0, 0.05) is 23.7 Å². The topological polar surface area (TPSA) is 71.3 Å². The van der Waals surface area contributed by atoms with Gasteiger partial charge in [0.25, 0.3) is 5.91 Å². The molecule has 1 saturated heterocycles. The van der Waals surface area contributed by atoms with E-state index in [4.69, 9.17) is 4.52 Å². The molecule has 2 heterocycles. The third-order valence-corrected chi connectivity index (χ3v) is 4.23. The maximum absolute atomic E-state index is 12.9. The molecule has 0 aliphatic carbocycles. The number of aromatic nitrogens is 2. The zero-order valence-corrected chi connectivity index (χ0v) is 14.6. The Morgan fingerprint density at radius 3 is 2.58 bits per heavy atom. The van der Waals surface area contributed by atoms with Gasteiger partial charge in [0.2, 0.25) is 12.2 Å². The van der Waals surface area contributed by atoms with Crippen LogP contribution in [-0.4, -0.2) is 46.6 Å². The minimum Gasteiger partial charge on any atom is -0.342 e. The van der Waals surface area contributed by atoms with Gasteiger partial charge in [0.15, 0.2) is 0 Å². The molecule has 1 aromatic carbocycles. The van der Waals surface area contributed by atoms with E-state index in [1.54, 1.807) is 0 Å². The van der Waals surface area contributed by atoms with E-state index in [0.29, 0.717) is 17.4 Å². The molecule has 0 radical (unpaired) electrons. The van der Waals surface area contributed by atoms with Crippen LogP contribution in [0.4, 0.5) is 0 Å². The van der Waals surface area contributed by atoms with Gasteiger partial charge in [0.1, 0.15) is 0 Å². The number of benzene rings is 1. The number of nitrogens with one attached hydrogen (secondary N) is 1. The zero-order chi connectivity index (χ0) is 16.1. The van der Waals surface area contributed by atoms with Crippen molar-refractivity contribution >= 4 is 18.3 Å². The maximum Gasteiger partial charge on any atom is 0.254 e. The Kier molecular flexibility index (Phi) is 6.75. The highest BCUT2D eigenvalue weighted by atomic mass is 35.5. The first kappa shape index (κ1) is 18.4. The number of carbonyl (C=O) groups excluding carboxylic acids is 1. The first-order chi connectivity index (χ1) is 11.3. The van der Waals surface area contributed by atoms with E-state index in [-0.39, 0.29) is 18.3 Å². The summed E-state index contributed by atoms with van der Waals surface area (Å²) in [5.74, 6) is 0.645. The maximum atomic E-state index is 12.9. The van der Waals surface area contributed by atoms with E-state index in [0.717, 1.165) is 44.5 Å². The van der Waals surface area contributed by atoms with Crippen LogP contribution in [-0.2, 0) is 0 Å². The summed E-state index contributed by atoms with van der Waals surface area (Å²) in [6.45, 7) is 4.88. The van der Waals surface area contributed by atoms with E-state index in [2.05, 4.69) is 22.4 Å². The molecule has 0 bridgehead atoms. The summed E-state index contributed by atoms with van der Waals surface area (Å²) >= 11 is 0. The minimum atomic E-state index is 0. The van der Waals surface area contributed by atoms with Gasteiger partial charge in [-0.2, -0.15) is 4.98 Å². The summed E-state index contributed by atoms with van der Waals surface area (Å²) in [6.07, 6.45) is 4.31. The summed E-state index contributed by atoms with van der Waals surface area (Å²) in [6, 6.07) is 7.76. The molecule has 1 aromatic heterocycles. The first-order valence-corrected chi connectivity index (χ1v) is 8.18. The zero-order valence-electron chi connectivity index (χ0n) is 13.8. The van der Waals surface area contributed by atoms with Crippen LogP contribution < -0.4 is 5.32 Å². The van der Waals surface area contributed by atoms with Crippen molar-refractivity contribution < 1.29 is 9.32 Å². The van der Waals surface area contributed by atoms with Crippen molar-refractivity contribution in [1.29, 1.82) is 0 Å². The van der Waals surface area contributed by atoms with Crippen LogP contribution in [0.5, 0.6) is 0 Å². The lowest BCUT2D eigenvalue weighted by Gasteiger charge is -2.34. The molecule has 1 N–H and O–H groups in total. The average Bonchev–Trinajstić information content (AvgIpc) is 3.15. The van der Waals surface area contributed by atoms with Gasteiger partial charge in [0.05, 0.1) is 0 Å². The van der Waals surface area contributed by atoms with Crippen LogP contribution in [0.15, 0.2) is 35.2 Å². The first-order valence-electron chi connectivity index (χ1n) is 8.18. The summed E-state index contributed by atoms with van der Waals surface area (Å²) in [7, 11) is 0. The quantitative estimate of drug-likeness (QED) is 0.897. The van der Waals surface area contributed by atoms with Crippen molar-refractivity contribution in [3.8, 4) is 11.4 Å². The van der Waals surface area contributed by atoms with E-state index in [9.17, 15) is 4.79 Å². The molecule has 130 valence electrons. The molecular formula is C17H23ClN4O2. The number of rotatable bonds is 5. The van der Waals surface area contributed by atoms with Crippen molar-refractivity contribution in [2.75, 3.05) is 19.6 Å². The summed E-state index contributed by atoms with van der Waals surface area (Å²) < 4.78 is 4.75. The molecule has 1 aliphatic heterocycles. The van der Waals surface area contributed by atoms with Crippen molar-refractivity contribution in [2.24, 2.45) is 0 Å². The van der Waals surface area contributed by atoms with Gasteiger partial charge in [-0.25, -0.2) is 0 Å². The molecule has 0 unspecified atom stereocenters. The Bertz CT molecular complexity index is 625. The largest absolute Gasteiger partial charge is 0.342 e. The van der Waals surface area contributed by atoms with Crippen LogP contribution in [0.1, 0.15) is 36.5 Å². The van der Waals surface area contributed by atoms with Gasteiger partial charge in [-0.15, -0.1) is 12.4 Å². The average molecular weight is 351 g/mol. The third-order valence-electron chi connectivity index (χ3n) is 4.23. The number of hydrogen-bond acceptors (Lipinski definition) is 5. The summed E-state index contributed by atoms with van der Waals surface area (Å²) in [5, 5.41) is 7.16. The van der Waals surface area contributed by atoms with Crippen LogP contribution in [0.25, 0.3) is 11.4 Å². The molecule has 1 fully saturated rings. The summed E-state index contributed by atoms with van der Waals surface area (Å²) in [4.78, 5) is 18.9. The fraction of sp³-hybridized carbons (Fsp3) is 0.471. The van der Waals surface area contributed by atoms with Gasteiger partial charge in [-0.05, 0) is 44.5 Å². The van der Waals surface area contributed by atoms with E-state index < -0.39 is 0 Å². The van der Waals surface area contributed by atoms with Crippen LogP contribution in [0, 0.1) is 0 Å². The number of halogens is 1. The van der Waals surface area contributed by atoms with Gasteiger partial charge < -0.3 is 14.7 Å². The van der Waals surface area contributed by atoms with E-state index >= 15 is 0 Å². The van der Waals surface area contributed by atoms with Crippen LogP contribution >= 0.6 is 12.4 Å². The Morgan fingerprint density at radius 2 is 2.00 bits per heavy atom. The van der Waals surface area contributed by atoms with Gasteiger partial charge in [-0.3, -0.25) is 4.79 Å². The second kappa shape index (κ2) is 8.80. The minimum absolute atomic E-state index is 0. The van der Waals surface area contributed by atoms with E-state index in [1.807, 2.05) is 29.2 Å². The highest BCUT2D eigenvalue weighted by molar-refractivity contribution is 5.94. The molecular weight excluding hydrogens is 328 g/mol. The van der Waals surface area contributed by atoms with Crippen molar-refractivity contribution in [3.63, 3.8) is 0 Å². The van der Waals surface area contributed by atoms with Crippen molar-refractivity contribution in [3.05, 3.63) is 36.2 Å². The predicted octanol–water partition coefficient (Wildman–Crippen LogP) is 2.76. The molecule has 0 spiro atoms. The molecule has 24 heavy (non-hydrogen) atoms. The Morgan fingerprint density at radius 1 is 1.29 bits per heavy atom. The fourth-order valence-corrected chi connectivity index (χ4v) is 3.03. The molecule has 0 saturated carbocycles. The van der Waals surface area contributed by atoms with E-state index in [1.165, 1.54) is 6.39 Å². The monoisotopic (exact) mass is 350 g/mol. The lowest BCUT2D eigenvalue weighted by atomic mass is 10.0. The Balaban J connectivity index is 0.00000208. The lowest BCUT2D eigenvalue weighted by molar-refractivity contribution is 0.0642. The molecule has 2 aromatic rings. The molecule has 1 aliphatic rings. The number of amides is 1. The van der Waals surface area contributed by atoms with Gasteiger partial charge >= 0.3 is 0 Å². The number of nitrogens with zero attached hydrogens (tertiary/aromatic N) is 3. The SMILES string of the molecule is CCCN(C(=O)c1ccc(-c2ncon2)cc1)C1CCNCC1.Cl. The molecule has 3 rings (SSSR count). The summed E-state index contributed by atoms with van der Waals surface area (Å²) in [5.41, 5.74) is 1.56. The number of hydrogen-bond donors (Lipinski definition) is 1. The van der Waals surface area contributed by atoms with Crippen LogP contribution in [0.2, 0.25) is 0 Å². The Hall–Kier alpha value is -1.92. The smallest absolute Gasteiger partial charge is 0.254 e. The van der Waals surface area contributed by atoms with Crippen molar-refractivity contribution in [2.45, 2.75) is 32.2 Å². The fourth-order valence-electron chi connectivity index (χ4n) is 3.03. The predicted molar refractivity (Wildman–Crippen MR) is 94.2 cm³/mol. The molecule has 1 amide bonds.